The van der Waals surface area contributed by atoms with Gasteiger partial charge in [0.1, 0.15) is 16.5 Å². The Bertz CT molecular complexity index is 583. The van der Waals surface area contributed by atoms with Crippen LogP contribution in [0.5, 0.6) is 0 Å². The van der Waals surface area contributed by atoms with E-state index in [1.807, 2.05) is 6.92 Å². The molecule has 18 heavy (non-hydrogen) atoms. The predicted molar refractivity (Wildman–Crippen MR) is 63.7 cm³/mol. The van der Waals surface area contributed by atoms with E-state index >= 15 is 0 Å². The van der Waals surface area contributed by atoms with Gasteiger partial charge in [0.05, 0.1) is 5.69 Å². The molecule has 0 atom stereocenters. The zero-order valence-electron chi connectivity index (χ0n) is 9.61. The molecule has 0 saturated heterocycles. The van der Waals surface area contributed by atoms with Gasteiger partial charge in [0.15, 0.2) is 5.78 Å². The van der Waals surface area contributed by atoms with Crippen molar-refractivity contribution in [1.82, 2.24) is 9.59 Å². The van der Waals surface area contributed by atoms with E-state index in [-0.39, 0.29) is 17.8 Å². The third-order valence-electron chi connectivity index (χ3n) is 2.50. The summed E-state index contributed by atoms with van der Waals surface area (Å²) in [5.74, 6) is -1.43. The van der Waals surface area contributed by atoms with Crippen LogP contribution < -0.4 is 0 Å². The Labute approximate surface area is 107 Å². The molecule has 0 amide bonds. The summed E-state index contributed by atoms with van der Waals surface area (Å²) >= 11 is 0.985. The summed E-state index contributed by atoms with van der Waals surface area (Å²) in [6, 6.07) is 3.08. The Hall–Kier alpha value is -1.69. The first-order chi connectivity index (χ1) is 8.61. The zero-order valence-corrected chi connectivity index (χ0v) is 10.4. The summed E-state index contributed by atoms with van der Waals surface area (Å²) in [5, 5.41) is 3.82. The van der Waals surface area contributed by atoms with Crippen LogP contribution in [-0.2, 0) is 12.8 Å². The first-order valence-corrected chi connectivity index (χ1v) is 6.17. The lowest BCUT2D eigenvalue weighted by Gasteiger charge is -2.02. The van der Waals surface area contributed by atoms with E-state index in [4.69, 9.17) is 0 Å². The van der Waals surface area contributed by atoms with Crippen LogP contribution in [0.4, 0.5) is 8.78 Å². The van der Waals surface area contributed by atoms with Gasteiger partial charge in [-0.25, -0.2) is 8.78 Å². The van der Waals surface area contributed by atoms with Gasteiger partial charge in [-0.15, -0.1) is 5.10 Å². The smallest absolute Gasteiger partial charge is 0.180 e. The van der Waals surface area contributed by atoms with Crippen LogP contribution in [0.25, 0.3) is 0 Å². The number of carbonyl (C=O) groups is 1. The van der Waals surface area contributed by atoms with Gasteiger partial charge in [0, 0.05) is 6.42 Å². The molecule has 2 rings (SSSR count). The van der Waals surface area contributed by atoms with Crippen LogP contribution in [-0.4, -0.2) is 15.4 Å². The van der Waals surface area contributed by atoms with E-state index in [1.54, 1.807) is 0 Å². The molecule has 0 aliphatic carbocycles. The molecule has 2 aromatic rings. The van der Waals surface area contributed by atoms with Crippen molar-refractivity contribution in [3.63, 3.8) is 0 Å². The second kappa shape index (κ2) is 5.30. The molecule has 1 heterocycles. The number of aryl methyl sites for hydroxylation is 1. The second-order valence-corrected chi connectivity index (χ2v) is 4.49. The number of aromatic nitrogens is 2. The molecule has 0 unspecified atom stereocenters. The van der Waals surface area contributed by atoms with E-state index in [9.17, 15) is 13.6 Å². The monoisotopic (exact) mass is 268 g/mol. The lowest BCUT2D eigenvalue weighted by molar-refractivity contribution is 0.0994. The lowest BCUT2D eigenvalue weighted by Crippen LogP contribution is -2.06. The molecule has 6 heteroatoms. The Morgan fingerprint density at radius 1 is 1.39 bits per heavy atom. The van der Waals surface area contributed by atoms with Gasteiger partial charge in [-0.3, -0.25) is 4.79 Å². The van der Waals surface area contributed by atoms with Crippen molar-refractivity contribution in [2.45, 2.75) is 19.8 Å². The molecule has 0 saturated carbocycles. The van der Waals surface area contributed by atoms with E-state index in [1.165, 1.54) is 0 Å². The van der Waals surface area contributed by atoms with Crippen molar-refractivity contribution in [3.05, 3.63) is 46.0 Å². The number of rotatable bonds is 4. The van der Waals surface area contributed by atoms with Gasteiger partial charge >= 0.3 is 0 Å². The molecule has 1 aromatic carbocycles. The van der Waals surface area contributed by atoms with Crippen LogP contribution in [0.15, 0.2) is 18.2 Å². The fourth-order valence-corrected chi connectivity index (χ4v) is 2.27. The first-order valence-electron chi connectivity index (χ1n) is 5.40. The fraction of sp³-hybridized carbons (Fsp3) is 0.250. The Morgan fingerprint density at radius 2 is 2.17 bits per heavy atom. The number of nitrogens with zero attached hydrogens (tertiary/aromatic N) is 2. The maximum atomic E-state index is 13.4. The quantitative estimate of drug-likeness (QED) is 0.801. The highest BCUT2D eigenvalue weighted by molar-refractivity contribution is 7.08. The van der Waals surface area contributed by atoms with Crippen molar-refractivity contribution in [3.8, 4) is 0 Å². The Morgan fingerprint density at radius 3 is 2.89 bits per heavy atom. The minimum Gasteiger partial charge on any atom is -0.293 e. The average Bonchev–Trinajstić information content (AvgIpc) is 2.82. The topological polar surface area (TPSA) is 42.9 Å². The standard InChI is InChI=1S/C12H10F2N2OS/c1-2-10-12(18-16-15-10)11(17)6-7-5-8(13)3-4-9(7)14/h3-5H,2,6H2,1H3. The van der Waals surface area contributed by atoms with E-state index < -0.39 is 11.6 Å². The number of hydrogen-bond acceptors (Lipinski definition) is 4. The van der Waals surface area contributed by atoms with Crippen LogP contribution >= 0.6 is 11.5 Å². The number of hydrogen-bond donors (Lipinski definition) is 0. The van der Waals surface area contributed by atoms with Gasteiger partial charge in [-0.05, 0) is 41.7 Å². The summed E-state index contributed by atoms with van der Waals surface area (Å²) in [6.07, 6.45) is 0.406. The third kappa shape index (κ3) is 2.59. The molecule has 0 bridgehead atoms. The maximum absolute atomic E-state index is 13.4. The minimum atomic E-state index is -0.583. The maximum Gasteiger partial charge on any atom is 0.180 e. The fourth-order valence-electron chi connectivity index (χ4n) is 1.58. The summed E-state index contributed by atoms with van der Waals surface area (Å²) in [6.45, 7) is 1.86. The molecule has 0 spiro atoms. The van der Waals surface area contributed by atoms with Crippen LogP contribution in [0.2, 0.25) is 0 Å². The average molecular weight is 268 g/mol. The molecular weight excluding hydrogens is 258 g/mol. The number of Topliss-reactive ketones (excluding diaryl/α,β-unsaturated/α-hetero) is 1. The lowest BCUT2D eigenvalue weighted by atomic mass is 10.1. The summed E-state index contributed by atoms with van der Waals surface area (Å²) in [5.41, 5.74) is 0.650. The van der Waals surface area contributed by atoms with Crippen molar-refractivity contribution >= 4 is 17.3 Å². The molecule has 94 valence electrons. The second-order valence-electron chi connectivity index (χ2n) is 3.74. The Kier molecular flexibility index (Phi) is 3.76. The minimum absolute atomic E-state index is 0.0513. The van der Waals surface area contributed by atoms with Crippen LogP contribution in [0.1, 0.15) is 27.9 Å². The largest absolute Gasteiger partial charge is 0.293 e. The number of benzene rings is 1. The highest BCUT2D eigenvalue weighted by atomic mass is 32.1. The van der Waals surface area contributed by atoms with E-state index in [2.05, 4.69) is 9.59 Å². The molecule has 0 aliphatic rings. The van der Waals surface area contributed by atoms with Gasteiger partial charge < -0.3 is 0 Å². The SMILES string of the molecule is CCc1nnsc1C(=O)Cc1cc(F)ccc1F. The Balaban J connectivity index is 2.24. The number of ketones is 1. The molecule has 3 nitrogen and oxygen atoms in total. The molecule has 0 fully saturated rings. The molecule has 0 radical (unpaired) electrons. The summed E-state index contributed by atoms with van der Waals surface area (Å²) in [7, 11) is 0. The normalized spacial score (nSPS) is 10.6. The van der Waals surface area contributed by atoms with Crippen molar-refractivity contribution in [2.75, 3.05) is 0 Å². The zero-order chi connectivity index (χ0) is 13.1. The van der Waals surface area contributed by atoms with Gasteiger partial charge in [-0.2, -0.15) is 0 Å². The molecular formula is C12H10F2N2OS. The highest BCUT2D eigenvalue weighted by Gasteiger charge is 2.17. The van der Waals surface area contributed by atoms with Crippen LogP contribution in [0, 0.1) is 11.6 Å². The van der Waals surface area contributed by atoms with E-state index in [0.29, 0.717) is 17.0 Å². The summed E-state index contributed by atoms with van der Waals surface area (Å²) < 4.78 is 30.1. The van der Waals surface area contributed by atoms with Crippen molar-refractivity contribution < 1.29 is 13.6 Å². The van der Waals surface area contributed by atoms with Crippen molar-refractivity contribution in [1.29, 1.82) is 0 Å². The molecule has 1 aromatic heterocycles. The van der Waals surface area contributed by atoms with Crippen LogP contribution in [0.3, 0.4) is 0 Å². The van der Waals surface area contributed by atoms with Gasteiger partial charge in [0.25, 0.3) is 0 Å². The molecule has 0 aliphatic heterocycles. The van der Waals surface area contributed by atoms with E-state index in [0.717, 1.165) is 29.7 Å². The number of halogens is 2. The van der Waals surface area contributed by atoms with Gasteiger partial charge in [0.2, 0.25) is 0 Å². The molecule has 0 N–H and O–H groups in total. The van der Waals surface area contributed by atoms with Crippen molar-refractivity contribution in [2.24, 2.45) is 0 Å². The number of carbonyl (C=O) groups excluding carboxylic acids is 1. The highest BCUT2D eigenvalue weighted by Crippen LogP contribution is 2.17. The first kappa shape index (κ1) is 12.8. The predicted octanol–water partition coefficient (Wildman–Crippen LogP) is 2.80. The summed E-state index contributed by atoms with van der Waals surface area (Å²) in [4.78, 5) is 12.4. The third-order valence-corrected chi connectivity index (χ3v) is 3.31. The van der Waals surface area contributed by atoms with Gasteiger partial charge in [-0.1, -0.05) is 11.4 Å².